The van der Waals surface area contributed by atoms with Crippen molar-refractivity contribution in [3.05, 3.63) is 48.7 Å². The number of carbonyl (C=O) groups is 2. The van der Waals surface area contributed by atoms with Crippen LogP contribution in [0.5, 0.6) is 0 Å². The number of nitrogens with zero attached hydrogens (tertiary/aromatic N) is 3. The molecule has 0 spiro atoms. The minimum Gasteiger partial charge on any atom is -0.325 e. The van der Waals surface area contributed by atoms with Gasteiger partial charge in [-0.15, -0.1) is 0 Å². The molecule has 2 aromatic rings. The van der Waals surface area contributed by atoms with Crippen molar-refractivity contribution >= 4 is 33.3 Å². The highest BCUT2D eigenvalue weighted by Gasteiger charge is 2.26. The van der Waals surface area contributed by atoms with Crippen LogP contribution in [0.4, 0.5) is 11.5 Å². The van der Waals surface area contributed by atoms with Gasteiger partial charge in [-0.05, 0) is 56.3 Å². The molecule has 0 saturated carbocycles. The quantitative estimate of drug-likeness (QED) is 0.670. The van der Waals surface area contributed by atoms with E-state index in [9.17, 15) is 18.0 Å². The zero-order valence-electron chi connectivity index (χ0n) is 17.6. The third-order valence-electron chi connectivity index (χ3n) is 5.14. The number of anilines is 2. The van der Waals surface area contributed by atoms with Gasteiger partial charge in [0.2, 0.25) is 21.8 Å². The summed E-state index contributed by atoms with van der Waals surface area (Å²) in [6.45, 7) is 1.44. The van der Waals surface area contributed by atoms with Gasteiger partial charge < -0.3 is 10.6 Å². The lowest BCUT2D eigenvalue weighted by atomic mass is 9.96. The van der Waals surface area contributed by atoms with Crippen molar-refractivity contribution in [2.45, 2.75) is 17.7 Å². The molecule has 1 aliphatic heterocycles. The number of sulfonamides is 1. The van der Waals surface area contributed by atoms with Gasteiger partial charge >= 0.3 is 0 Å². The number of benzene rings is 1. The number of hydrogen-bond donors (Lipinski definition) is 2. The minimum absolute atomic E-state index is 0.0540. The third-order valence-corrected chi connectivity index (χ3v) is 6.95. The van der Waals surface area contributed by atoms with Gasteiger partial charge in [0.05, 0.1) is 11.4 Å². The van der Waals surface area contributed by atoms with Crippen LogP contribution < -0.4 is 10.6 Å². The Hall–Kier alpha value is -2.82. The van der Waals surface area contributed by atoms with Crippen molar-refractivity contribution < 1.29 is 18.0 Å². The number of pyridine rings is 1. The van der Waals surface area contributed by atoms with Crippen LogP contribution in [0.2, 0.25) is 0 Å². The topological polar surface area (TPSA) is 112 Å². The summed E-state index contributed by atoms with van der Waals surface area (Å²) >= 11 is 0. The van der Waals surface area contributed by atoms with Crippen molar-refractivity contribution in [2.24, 2.45) is 5.92 Å². The number of aromatic nitrogens is 1. The maximum absolute atomic E-state index is 12.4. The standard InChI is InChI=1S/C21H27N5O4S/c1-25(2)31(29,30)18-7-5-6-17(14-18)23-20(27)15-26-12-9-16(10-13-26)21(28)24-19-8-3-4-11-22-19/h3-8,11,14,16H,9-10,12-13,15H2,1-2H3,(H,23,27)(H,22,24,28). The molecule has 10 heteroatoms. The smallest absolute Gasteiger partial charge is 0.242 e. The molecule has 2 amide bonds. The van der Waals surface area contributed by atoms with Crippen molar-refractivity contribution in [3.63, 3.8) is 0 Å². The van der Waals surface area contributed by atoms with Gasteiger partial charge in [-0.25, -0.2) is 17.7 Å². The summed E-state index contributed by atoms with van der Waals surface area (Å²) < 4.78 is 25.6. The molecule has 0 unspecified atom stereocenters. The van der Waals surface area contributed by atoms with Crippen molar-refractivity contribution in [3.8, 4) is 0 Å². The number of rotatable bonds is 7. The number of nitrogens with one attached hydrogen (secondary N) is 2. The van der Waals surface area contributed by atoms with Crippen LogP contribution >= 0.6 is 0 Å². The fourth-order valence-electron chi connectivity index (χ4n) is 3.37. The average molecular weight is 446 g/mol. The van der Waals surface area contributed by atoms with E-state index in [0.717, 1.165) is 4.31 Å². The van der Waals surface area contributed by atoms with Gasteiger partial charge in [0.1, 0.15) is 5.82 Å². The summed E-state index contributed by atoms with van der Waals surface area (Å²) in [6.07, 6.45) is 2.94. The van der Waals surface area contributed by atoms with Crippen LogP contribution in [0, 0.1) is 5.92 Å². The molecule has 31 heavy (non-hydrogen) atoms. The molecule has 1 aromatic carbocycles. The Balaban J connectivity index is 1.49. The van der Waals surface area contributed by atoms with Crippen LogP contribution in [0.3, 0.4) is 0 Å². The van der Waals surface area contributed by atoms with Gasteiger partial charge in [-0.3, -0.25) is 14.5 Å². The Morgan fingerprint density at radius 1 is 1.10 bits per heavy atom. The van der Waals surface area contributed by atoms with Crippen molar-refractivity contribution in [2.75, 3.05) is 44.4 Å². The minimum atomic E-state index is -3.57. The highest BCUT2D eigenvalue weighted by molar-refractivity contribution is 7.89. The first kappa shape index (κ1) is 22.9. The zero-order valence-corrected chi connectivity index (χ0v) is 18.4. The third kappa shape index (κ3) is 6.09. The lowest BCUT2D eigenvalue weighted by Gasteiger charge is -2.30. The summed E-state index contributed by atoms with van der Waals surface area (Å²) in [7, 11) is -0.652. The Labute approximate surface area is 182 Å². The molecule has 1 aromatic heterocycles. The number of amides is 2. The van der Waals surface area contributed by atoms with E-state index in [4.69, 9.17) is 0 Å². The Kier molecular flexibility index (Phi) is 7.37. The van der Waals surface area contributed by atoms with E-state index in [1.54, 1.807) is 30.5 Å². The molecule has 1 saturated heterocycles. The summed E-state index contributed by atoms with van der Waals surface area (Å²) in [5.74, 6) is 0.138. The van der Waals surface area contributed by atoms with Crippen molar-refractivity contribution in [1.82, 2.24) is 14.2 Å². The zero-order chi connectivity index (χ0) is 22.4. The Morgan fingerprint density at radius 3 is 2.48 bits per heavy atom. The number of carbonyl (C=O) groups excluding carboxylic acids is 2. The normalized spacial score (nSPS) is 15.6. The summed E-state index contributed by atoms with van der Waals surface area (Å²) in [5.41, 5.74) is 0.428. The molecular weight excluding hydrogens is 418 g/mol. The molecule has 9 nitrogen and oxygen atoms in total. The highest BCUT2D eigenvalue weighted by Crippen LogP contribution is 2.20. The van der Waals surface area contributed by atoms with Crippen LogP contribution in [0.15, 0.2) is 53.6 Å². The molecule has 1 aliphatic rings. The number of hydrogen-bond acceptors (Lipinski definition) is 6. The molecule has 166 valence electrons. The largest absolute Gasteiger partial charge is 0.325 e. The summed E-state index contributed by atoms with van der Waals surface area (Å²) in [6, 6.07) is 11.5. The van der Waals surface area contributed by atoms with Gasteiger partial charge in [0, 0.05) is 31.9 Å². The van der Waals surface area contributed by atoms with Gasteiger partial charge in [0.15, 0.2) is 0 Å². The summed E-state index contributed by atoms with van der Waals surface area (Å²) in [4.78, 5) is 31.0. The number of likely N-dealkylation sites (tertiary alicyclic amines) is 1. The molecular formula is C21H27N5O4S. The van der Waals surface area contributed by atoms with E-state index in [0.29, 0.717) is 37.4 Å². The Bertz CT molecular complexity index is 1020. The molecule has 0 bridgehead atoms. The van der Waals surface area contributed by atoms with E-state index >= 15 is 0 Å². The molecule has 1 fully saturated rings. The van der Waals surface area contributed by atoms with Crippen LogP contribution in [-0.4, -0.2) is 68.2 Å². The maximum Gasteiger partial charge on any atom is 0.242 e. The highest BCUT2D eigenvalue weighted by atomic mass is 32.2. The first-order valence-corrected chi connectivity index (χ1v) is 11.5. The van der Waals surface area contributed by atoms with Crippen LogP contribution in [0.25, 0.3) is 0 Å². The Morgan fingerprint density at radius 2 is 1.84 bits per heavy atom. The van der Waals surface area contributed by atoms with Gasteiger partial charge in [-0.1, -0.05) is 12.1 Å². The van der Waals surface area contributed by atoms with E-state index in [1.807, 2.05) is 11.0 Å². The monoisotopic (exact) mass is 445 g/mol. The van der Waals surface area contributed by atoms with E-state index < -0.39 is 10.0 Å². The average Bonchev–Trinajstić information content (AvgIpc) is 2.75. The lowest BCUT2D eigenvalue weighted by molar-refractivity contribution is -0.121. The predicted octanol–water partition coefficient (Wildman–Crippen LogP) is 1.62. The molecule has 0 atom stereocenters. The number of piperidine rings is 1. The molecule has 2 N–H and O–H groups in total. The fourth-order valence-corrected chi connectivity index (χ4v) is 4.32. The second-order valence-corrected chi connectivity index (χ2v) is 9.77. The SMILES string of the molecule is CN(C)S(=O)(=O)c1cccc(NC(=O)CN2CCC(C(=O)Nc3ccccn3)CC2)c1. The van der Waals surface area contributed by atoms with Gasteiger partial charge in [-0.2, -0.15) is 0 Å². The van der Waals surface area contributed by atoms with Crippen LogP contribution in [-0.2, 0) is 19.6 Å². The van der Waals surface area contributed by atoms with E-state index in [1.165, 1.54) is 26.2 Å². The van der Waals surface area contributed by atoms with Crippen LogP contribution in [0.1, 0.15) is 12.8 Å². The summed E-state index contributed by atoms with van der Waals surface area (Å²) in [5, 5.41) is 5.58. The van der Waals surface area contributed by atoms with Gasteiger partial charge in [0.25, 0.3) is 0 Å². The molecule has 0 radical (unpaired) electrons. The molecule has 0 aliphatic carbocycles. The van der Waals surface area contributed by atoms with E-state index in [-0.39, 0.29) is 29.2 Å². The first-order valence-electron chi connectivity index (χ1n) is 10.0. The second-order valence-electron chi connectivity index (χ2n) is 7.62. The molecule has 2 heterocycles. The fraction of sp³-hybridized carbons (Fsp3) is 0.381. The van der Waals surface area contributed by atoms with E-state index in [2.05, 4.69) is 15.6 Å². The maximum atomic E-state index is 12.4. The molecule has 3 rings (SSSR count). The second kappa shape index (κ2) is 9.99. The van der Waals surface area contributed by atoms with Crippen molar-refractivity contribution in [1.29, 1.82) is 0 Å². The lowest BCUT2D eigenvalue weighted by Crippen LogP contribution is -2.41. The predicted molar refractivity (Wildman–Crippen MR) is 118 cm³/mol. The first-order chi connectivity index (χ1) is 14.8.